The fourth-order valence-electron chi connectivity index (χ4n) is 3.94. The quantitative estimate of drug-likeness (QED) is 0.924. The maximum Gasteiger partial charge on any atom is 0.169 e. The number of fused-ring (bicyclic) bond motifs is 2. The predicted molar refractivity (Wildman–Crippen MR) is 77.2 cm³/mol. The molecule has 1 aromatic carbocycles. The highest BCUT2D eigenvalue weighted by Gasteiger charge is 2.41. The number of benzene rings is 1. The molecule has 2 aliphatic heterocycles. The van der Waals surface area contributed by atoms with Gasteiger partial charge in [0.15, 0.2) is 11.6 Å². The molecule has 3 atom stereocenters. The number of ether oxygens (including phenoxy) is 1. The van der Waals surface area contributed by atoms with Gasteiger partial charge in [0.2, 0.25) is 0 Å². The molecule has 0 amide bonds. The molecule has 110 valence electrons. The van der Waals surface area contributed by atoms with Gasteiger partial charge in [-0.1, -0.05) is 12.1 Å². The van der Waals surface area contributed by atoms with Crippen LogP contribution < -0.4 is 10.5 Å². The highest BCUT2D eigenvalue weighted by Crippen LogP contribution is 2.42. The van der Waals surface area contributed by atoms with Crippen molar-refractivity contribution in [3.63, 3.8) is 0 Å². The molecule has 1 aromatic rings. The number of nitrogens with zero attached hydrogens (tertiary/aromatic N) is 1. The first kappa shape index (κ1) is 13.8. The molecule has 3 rings (SSSR count). The fraction of sp³-hybridized carbons (Fsp3) is 0.625. The van der Waals surface area contributed by atoms with Gasteiger partial charge < -0.3 is 15.4 Å². The Morgan fingerprint density at radius 1 is 1.30 bits per heavy atom. The third kappa shape index (κ3) is 2.21. The van der Waals surface area contributed by atoms with E-state index >= 15 is 0 Å². The van der Waals surface area contributed by atoms with Crippen LogP contribution in [-0.4, -0.2) is 31.1 Å². The van der Waals surface area contributed by atoms with Crippen molar-refractivity contribution in [3.05, 3.63) is 29.6 Å². The fourth-order valence-corrected chi connectivity index (χ4v) is 3.94. The van der Waals surface area contributed by atoms with Crippen molar-refractivity contribution in [1.82, 2.24) is 4.90 Å². The Bertz CT molecular complexity index is 479. The second kappa shape index (κ2) is 5.34. The van der Waals surface area contributed by atoms with Crippen LogP contribution in [0, 0.1) is 11.7 Å². The van der Waals surface area contributed by atoms with E-state index in [-0.39, 0.29) is 17.6 Å². The smallest absolute Gasteiger partial charge is 0.169 e. The summed E-state index contributed by atoms with van der Waals surface area (Å²) in [6.07, 6.45) is 4.66. The van der Waals surface area contributed by atoms with E-state index in [9.17, 15) is 4.39 Å². The Labute approximate surface area is 119 Å². The van der Waals surface area contributed by atoms with Crippen molar-refractivity contribution < 1.29 is 9.13 Å². The van der Waals surface area contributed by atoms with Crippen LogP contribution in [0.25, 0.3) is 0 Å². The minimum atomic E-state index is -0.297. The molecule has 2 saturated heterocycles. The Morgan fingerprint density at radius 3 is 2.55 bits per heavy atom. The first-order valence-electron chi connectivity index (χ1n) is 7.41. The van der Waals surface area contributed by atoms with Gasteiger partial charge >= 0.3 is 0 Å². The van der Waals surface area contributed by atoms with E-state index in [1.165, 1.54) is 20.0 Å². The second-order valence-corrected chi connectivity index (χ2v) is 6.17. The van der Waals surface area contributed by atoms with E-state index in [1.807, 2.05) is 6.07 Å². The molecule has 0 radical (unpaired) electrons. The maximum atomic E-state index is 14.3. The average Bonchev–Trinajstić information content (AvgIpc) is 2.68. The zero-order chi connectivity index (χ0) is 14.3. The van der Waals surface area contributed by atoms with Gasteiger partial charge in [0.25, 0.3) is 0 Å². The lowest BCUT2D eigenvalue weighted by Crippen LogP contribution is -2.42. The van der Waals surface area contributed by atoms with Gasteiger partial charge in [-0.15, -0.1) is 0 Å². The molecule has 0 aromatic heterocycles. The Hall–Kier alpha value is -1.13. The zero-order valence-electron chi connectivity index (χ0n) is 12.2. The van der Waals surface area contributed by atoms with Crippen LogP contribution in [0.3, 0.4) is 0 Å². The van der Waals surface area contributed by atoms with Crippen LogP contribution in [0.4, 0.5) is 4.39 Å². The second-order valence-electron chi connectivity index (χ2n) is 6.17. The van der Waals surface area contributed by atoms with Crippen molar-refractivity contribution in [2.24, 2.45) is 11.7 Å². The van der Waals surface area contributed by atoms with Crippen molar-refractivity contribution in [1.29, 1.82) is 0 Å². The summed E-state index contributed by atoms with van der Waals surface area (Å²) in [6.45, 7) is 0. The summed E-state index contributed by atoms with van der Waals surface area (Å²) in [5.41, 5.74) is 6.97. The summed E-state index contributed by atoms with van der Waals surface area (Å²) in [7, 11) is 3.69. The molecule has 3 nitrogen and oxygen atoms in total. The van der Waals surface area contributed by atoms with Crippen molar-refractivity contribution in [2.45, 2.75) is 43.8 Å². The minimum absolute atomic E-state index is 0.234. The molecular formula is C16H23FN2O. The van der Waals surface area contributed by atoms with E-state index < -0.39 is 0 Å². The summed E-state index contributed by atoms with van der Waals surface area (Å²) >= 11 is 0. The van der Waals surface area contributed by atoms with Gasteiger partial charge in [-0.2, -0.15) is 0 Å². The van der Waals surface area contributed by atoms with Crippen LogP contribution in [0.15, 0.2) is 18.2 Å². The van der Waals surface area contributed by atoms with E-state index in [0.29, 0.717) is 23.6 Å². The molecule has 2 heterocycles. The largest absolute Gasteiger partial charge is 0.494 e. The number of nitrogens with two attached hydrogens (primary N) is 1. The average molecular weight is 278 g/mol. The lowest BCUT2D eigenvalue weighted by atomic mass is 9.82. The van der Waals surface area contributed by atoms with Gasteiger partial charge in [-0.3, -0.25) is 0 Å². The predicted octanol–water partition coefficient (Wildman–Crippen LogP) is 2.71. The molecule has 3 unspecified atom stereocenters. The summed E-state index contributed by atoms with van der Waals surface area (Å²) in [5.74, 6) is 0.355. The summed E-state index contributed by atoms with van der Waals surface area (Å²) in [4.78, 5) is 2.48. The first-order valence-corrected chi connectivity index (χ1v) is 7.41. The monoisotopic (exact) mass is 278 g/mol. The normalized spacial score (nSPS) is 31.3. The van der Waals surface area contributed by atoms with E-state index in [1.54, 1.807) is 12.1 Å². The van der Waals surface area contributed by atoms with Crippen LogP contribution in [0.2, 0.25) is 0 Å². The topological polar surface area (TPSA) is 38.5 Å². The zero-order valence-corrected chi connectivity index (χ0v) is 12.2. The molecule has 2 bridgehead atoms. The Morgan fingerprint density at radius 2 is 1.95 bits per heavy atom. The van der Waals surface area contributed by atoms with E-state index in [4.69, 9.17) is 10.5 Å². The van der Waals surface area contributed by atoms with Gasteiger partial charge in [-0.25, -0.2) is 4.39 Å². The van der Waals surface area contributed by atoms with Gasteiger partial charge in [-0.05, 0) is 44.7 Å². The lowest BCUT2D eigenvalue weighted by Gasteiger charge is -2.39. The maximum absolute atomic E-state index is 14.3. The highest BCUT2D eigenvalue weighted by molar-refractivity contribution is 5.33. The number of hydrogen-bond donors (Lipinski definition) is 1. The van der Waals surface area contributed by atoms with Crippen LogP contribution >= 0.6 is 0 Å². The first-order chi connectivity index (χ1) is 9.61. The van der Waals surface area contributed by atoms with E-state index in [2.05, 4.69) is 11.9 Å². The van der Waals surface area contributed by atoms with Crippen LogP contribution in [0.5, 0.6) is 5.75 Å². The number of rotatable bonds is 3. The third-order valence-electron chi connectivity index (χ3n) is 5.21. The van der Waals surface area contributed by atoms with Crippen LogP contribution in [-0.2, 0) is 0 Å². The van der Waals surface area contributed by atoms with E-state index in [0.717, 1.165) is 12.8 Å². The Balaban J connectivity index is 1.81. The van der Waals surface area contributed by atoms with Crippen LogP contribution in [0.1, 0.15) is 37.3 Å². The standard InChI is InChI=1S/C16H23FN2O/c1-19-11-6-7-12(19)9-10(8-11)16(18)13-4-3-5-14(20-2)15(13)17/h3-5,10-12,16H,6-9,18H2,1-2H3. The summed E-state index contributed by atoms with van der Waals surface area (Å²) < 4.78 is 19.4. The number of methoxy groups -OCH3 is 1. The molecule has 2 N–H and O–H groups in total. The Kier molecular flexibility index (Phi) is 3.69. The highest BCUT2D eigenvalue weighted by atomic mass is 19.1. The van der Waals surface area contributed by atoms with Gasteiger partial charge in [0.05, 0.1) is 7.11 Å². The third-order valence-corrected chi connectivity index (χ3v) is 5.21. The van der Waals surface area contributed by atoms with Gasteiger partial charge in [0, 0.05) is 23.7 Å². The molecular weight excluding hydrogens is 255 g/mol. The molecule has 0 spiro atoms. The SMILES string of the molecule is COc1cccc(C(N)C2CC3CCC(C2)N3C)c1F. The number of hydrogen-bond acceptors (Lipinski definition) is 3. The lowest BCUT2D eigenvalue weighted by molar-refractivity contribution is 0.120. The summed E-state index contributed by atoms with van der Waals surface area (Å²) in [5, 5.41) is 0. The molecule has 0 aliphatic carbocycles. The van der Waals surface area contributed by atoms with Crippen molar-refractivity contribution in [3.8, 4) is 5.75 Å². The molecule has 2 aliphatic rings. The van der Waals surface area contributed by atoms with Crippen molar-refractivity contribution in [2.75, 3.05) is 14.2 Å². The summed E-state index contributed by atoms with van der Waals surface area (Å²) in [6, 6.07) is 6.27. The molecule has 2 fully saturated rings. The molecule has 20 heavy (non-hydrogen) atoms. The molecule has 4 heteroatoms. The van der Waals surface area contributed by atoms with Crippen molar-refractivity contribution >= 4 is 0 Å². The minimum Gasteiger partial charge on any atom is -0.494 e. The number of halogens is 1. The molecule has 0 saturated carbocycles. The van der Waals surface area contributed by atoms with Gasteiger partial charge in [0.1, 0.15) is 0 Å². The number of piperidine rings is 1.